The first-order chi connectivity index (χ1) is 10.9. The van der Waals surface area contributed by atoms with Crippen LogP contribution < -0.4 is 5.69 Å². The fourth-order valence-corrected chi connectivity index (χ4v) is 2.00. The van der Waals surface area contributed by atoms with E-state index in [1.807, 2.05) is 0 Å². The molecule has 0 aliphatic carbocycles. The predicted molar refractivity (Wildman–Crippen MR) is 79.3 cm³/mol. The number of aliphatic imine (C=N–C) groups is 1. The van der Waals surface area contributed by atoms with Crippen LogP contribution in [0.5, 0.6) is 0 Å². The van der Waals surface area contributed by atoms with Crippen LogP contribution in [-0.4, -0.2) is 69.8 Å². The maximum Gasteiger partial charge on any atom is 0.354 e. The van der Waals surface area contributed by atoms with Crippen molar-refractivity contribution in [3.63, 3.8) is 0 Å². The van der Waals surface area contributed by atoms with Crippen molar-refractivity contribution < 1.29 is 19.4 Å². The van der Waals surface area contributed by atoms with Gasteiger partial charge in [0.1, 0.15) is 25.3 Å². The number of rotatable bonds is 5. The summed E-state index contributed by atoms with van der Waals surface area (Å²) in [6, 6.07) is 0. The molecule has 0 radical (unpaired) electrons. The lowest BCUT2D eigenvalue weighted by molar-refractivity contribution is -0.147. The van der Waals surface area contributed by atoms with Gasteiger partial charge in [0.25, 0.3) is 5.95 Å². The number of hydrogen-bond donors (Lipinski definition) is 1. The zero-order valence-electron chi connectivity index (χ0n) is 13.1. The molecule has 126 valence electrons. The van der Waals surface area contributed by atoms with Crippen molar-refractivity contribution >= 4 is 18.3 Å². The number of carbonyl (C=O) groups is 1. The molecule has 0 amide bonds. The Labute approximate surface area is 132 Å². The van der Waals surface area contributed by atoms with Crippen LogP contribution in [0, 0.1) is 0 Å². The quantitative estimate of drug-likeness (QED) is 0.419. The molecule has 2 rings (SSSR count). The van der Waals surface area contributed by atoms with Gasteiger partial charge in [0.15, 0.2) is 0 Å². The summed E-state index contributed by atoms with van der Waals surface area (Å²) >= 11 is 0. The molecule has 1 saturated heterocycles. The topological polar surface area (TPSA) is 119 Å². The Kier molecular flexibility index (Phi) is 5.40. The molecule has 3 atom stereocenters. The molecule has 0 spiro atoms. The highest BCUT2D eigenvalue weighted by atomic mass is 16.6. The number of aliphatic hydroxyl groups is 1. The second-order valence-corrected chi connectivity index (χ2v) is 5.29. The van der Waals surface area contributed by atoms with E-state index in [1.165, 1.54) is 24.2 Å². The number of esters is 1. The number of aliphatic hydroxyl groups excluding tert-OH is 1. The Balaban J connectivity index is 2.08. The first-order valence-electron chi connectivity index (χ1n) is 6.99. The zero-order valence-corrected chi connectivity index (χ0v) is 13.1. The molecule has 1 aromatic rings. The second-order valence-electron chi connectivity index (χ2n) is 5.29. The first kappa shape index (κ1) is 17.0. The summed E-state index contributed by atoms with van der Waals surface area (Å²) in [5, 5.41) is 9.92. The van der Waals surface area contributed by atoms with Crippen molar-refractivity contribution in [2.45, 2.75) is 31.8 Å². The Hall–Kier alpha value is -2.33. The first-order valence-corrected chi connectivity index (χ1v) is 6.99. The molecule has 2 heterocycles. The van der Waals surface area contributed by atoms with Crippen LogP contribution in [0.2, 0.25) is 0 Å². The Morgan fingerprint density at radius 1 is 1.65 bits per heavy atom. The highest BCUT2D eigenvalue weighted by Gasteiger charge is 2.36. The van der Waals surface area contributed by atoms with Gasteiger partial charge >= 0.3 is 11.7 Å². The summed E-state index contributed by atoms with van der Waals surface area (Å²) in [7, 11) is 3.56. The van der Waals surface area contributed by atoms with Crippen molar-refractivity contribution in [1.82, 2.24) is 19.4 Å². The van der Waals surface area contributed by atoms with Gasteiger partial charge in [-0.25, -0.2) is 14.8 Å². The van der Waals surface area contributed by atoms with E-state index in [0.717, 1.165) is 0 Å². The Morgan fingerprint density at radius 3 is 3.00 bits per heavy atom. The van der Waals surface area contributed by atoms with Crippen molar-refractivity contribution in [3.05, 3.63) is 16.8 Å². The van der Waals surface area contributed by atoms with Crippen LogP contribution in [0.15, 0.2) is 16.1 Å². The molecule has 23 heavy (non-hydrogen) atoms. The minimum atomic E-state index is -0.849. The van der Waals surface area contributed by atoms with Crippen LogP contribution in [-0.2, 0) is 14.3 Å². The van der Waals surface area contributed by atoms with Crippen molar-refractivity contribution in [3.8, 4) is 0 Å². The van der Waals surface area contributed by atoms with E-state index >= 15 is 0 Å². The van der Waals surface area contributed by atoms with Crippen LogP contribution in [0.3, 0.4) is 0 Å². The summed E-state index contributed by atoms with van der Waals surface area (Å²) < 4.78 is 11.5. The third kappa shape index (κ3) is 4.57. The van der Waals surface area contributed by atoms with E-state index in [4.69, 9.17) is 9.47 Å². The smallest absolute Gasteiger partial charge is 0.354 e. The fourth-order valence-electron chi connectivity index (χ4n) is 2.00. The summed E-state index contributed by atoms with van der Waals surface area (Å²) in [6.07, 6.45) is 0.660. The summed E-state index contributed by atoms with van der Waals surface area (Å²) in [5.74, 6) is -0.428. The molecule has 10 nitrogen and oxygen atoms in total. The molecular weight excluding hydrogens is 306 g/mol. The summed E-state index contributed by atoms with van der Waals surface area (Å²) in [5.41, 5.74) is -0.587. The molecule has 1 N–H and O–H groups in total. The molecule has 10 heteroatoms. The van der Waals surface area contributed by atoms with Gasteiger partial charge in [-0.3, -0.25) is 9.36 Å². The Morgan fingerprint density at radius 2 is 2.39 bits per heavy atom. The average molecular weight is 325 g/mol. The van der Waals surface area contributed by atoms with E-state index in [1.54, 1.807) is 19.0 Å². The SMILES string of the molecule is CC(=O)OCC1OC(n2cnc(/N=C\N(C)C)nc2=O)CC1O. The van der Waals surface area contributed by atoms with E-state index in [0.29, 0.717) is 0 Å². The van der Waals surface area contributed by atoms with Crippen molar-refractivity contribution in [2.75, 3.05) is 20.7 Å². The minimum Gasteiger partial charge on any atom is -0.463 e. The van der Waals surface area contributed by atoms with E-state index in [2.05, 4.69) is 15.0 Å². The molecule has 0 aromatic carbocycles. The molecule has 1 aliphatic rings. The maximum atomic E-state index is 12.0. The third-order valence-electron chi connectivity index (χ3n) is 3.08. The van der Waals surface area contributed by atoms with Crippen LogP contribution in [0.25, 0.3) is 0 Å². The van der Waals surface area contributed by atoms with Gasteiger partial charge in [0.05, 0.1) is 12.4 Å². The van der Waals surface area contributed by atoms with Gasteiger partial charge in [-0.1, -0.05) is 0 Å². The molecular formula is C13H19N5O5. The fraction of sp³-hybridized carbons (Fsp3) is 0.615. The zero-order chi connectivity index (χ0) is 17.0. The summed E-state index contributed by atoms with van der Waals surface area (Å²) in [4.78, 5) is 36.2. The highest BCUT2D eigenvalue weighted by molar-refractivity contribution is 5.65. The van der Waals surface area contributed by atoms with Gasteiger partial charge in [0.2, 0.25) is 0 Å². The van der Waals surface area contributed by atoms with Gasteiger partial charge in [-0.05, 0) is 0 Å². The van der Waals surface area contributed by atoms with E-state index in [-0.39, 0.29) is 19.0 Å². The standard InChI is InChI=1S/C13H19N5O5/c1-8(19)22-5-10-9(20)4-11(23-10)18-7-15-12(16-13(18)21)14-6-17(2)3/h6-7,9-11,20H,4-5H2,1-3H3/b14-6-. The maximum absolute atomic E-state index is 12.0. The van der Waals surface area contributed by atoms with Crippen molar-refractivity contribution in [2.24, 2.45) is 4.99 Å². The number of nitrogens with zero attached hydrogens (tertiary/aromatic N) is 5. The molecule has 1 fully saturated rings. The minimum absolute atomic E-state index is 0.0370. The number of aromatic nitrogens is 3. The molecule has 0 saturated carbocycles. The van der Waals surface area contributed by atoms with Crippen molar-refractivity contribution in [1.29, 1.82) is 0 Å². The van der Waals surface area contributed by atoms with Gasteiger partial charge in [-0.15, -0.1) is 0 Å². The monoisotopic (exact) mass is 325 g/mol. The number of carbonyl (C=O) groups excluding carboxylic acids is 1. The van der Waals surface area contributed by atoms with Crippen LogP contribution >= 0.6 is 0 Å². The predicted octanol–water partition coefficient (Wildman–Crippen LogP) is -0.929. The van der Waals surface area contributed by atoms with E-state index < -0.39 is 30.1 Å². The highest BCUT2D eigenvalue weighted by Crippen LogP contribution is 2.27. The lowest BCUT2D eigenvalue weighted by Crippen LogP contribution is -2.29. The van der Waals surface area contributed by atoms with Crippen LogP contribution in [0.4, 0.5) is 5.95 Å². The molecule has 1 aliphatic heterocycles. The number of ether oxygens (including phenoxy) is 2. The molecule has 0 bridgehead atoms. The normalized spacial score (nSPS) is 24.1. The second kappa shape index (κ2) is 7.29. The lowest BCUT2D eigenvalue weighted by atomic mass is 10.2. The van der Waals surface area contributed by atoms with Gasteiger partial charge < -0.3 is 19.5 Å². The molecule has 3 unspecified atom stereocenters. The summed E-state index contributed by atoms with van der Waals surface area (Å²) in [6.45, 7) is 1.19. The number of hydrogen-bond acceptors (Lipinski definition) is 8. The van der Waals surface area contributed by atoms with Gasteiger partial charge in [0, 0.05) is 27.4 Å². The Bertz CT molecular complexity index is 644. The molecule has 1 aromatic heterocycles. The van der Waals surface area contributed by atoms with E-state index in [9.17, 15) is 14.7 Å². The van der Waals surface area contributed by atoms with Crippen LogP contribution in [0.1, 0.15) is 19.6 Å². The van der Waals surface area contributed by atoms with Gasteiger partial charge in [-0.2, -0.15) is 4.98 Å². The lowest BCUT2D eigenvalue weighted by Gasteiger charge is -2.15. The largest absolute Gasteiger partial charge is 0.463 e. The average Bonchev–Trinajstić information content (AvgIpc) is 2.84. The third-order valence-corrected chi connectivity index (χ3v) is 3.08.